The second-order valence-corrected chi connectivity index (χ2v) is 8.06. The molecule has 0 fully saturated rings. The van der Waals surface area contributed by atoms with Gasteiger partial charge >= 0.3 is 0 Å². The molecular formula is C23H22FN3O3S. The van der Waals surface area contributed by atoms with E-state index >= 15 is 0 Å². The number of nitrogens with zero attached hydrogens (tertiary/aromatic N) is 3. The van der Waals surface area contributed by atoms with E-state index in [0.29, 0.717) is 29.5 Å². The quantitative estimate of drug-likeness (QED) is 0.419. The summed E-state index contributed by atoms with van der Waals surface area (Å²) in [4.78, 5) is 16.1. The number of hydrogen-bond acceptors (Lipinski definition) is 5. The van der Waals surface area contributed by atoms with E-state index in [4.69, 9.17) is 9.47 Å². The molecule has 0 N–H and O–H groups in total. The zero-order valence-electron chi connectivity index (χ0n) is 17.5. The Labute approximate surface area is 183 Å². The fraction of sp³-hybridized carbons (Fsp3) is 0.217. The van der Waals surface area contributed by atoms with Crippen LogP contribution in [0.2, 0.25) is 0 Å². The van der Waals surface area contributed by atoms with Gasteiger partial charge in [-0.1, -0.05) is 12.1 Å². The Kier molecular flexibility index (Phi) is 5.90. The minimum atomic E-state index is -0.303. The molecule has 4 aromatic rings. The van der Waals surface area contributed by atoms with E-state index in [0.717, 1.165) is 21.6 Å². The van der Waals surface area contributed by atoms with Crippen molar-refractivity contribution in [2.45, 2.75) is 6.92 Å². The summed E-state index contributed by atoms with van der Waals surface area (Å²) < 4.78 is 26.1. The second-order valence-electron chi connectivity index (χ2n) is 7.03. The van der Waals surface area contributed by atoms with Gasteiger partial charge in [-0.3, -0.25) is 4.79 Å². The first kappa shape index (κ1) is 20.9. The SMILES string of the molecule is COc1ccccc1OCCN(C)C(=O)c1cc2c(C)nn(-c3ccc(F)cc3)c2s1. The lowest BCUT2D eigenvalue weighted by Gasteiger charge is -2.17. The number of benzene rings is 2. The van der Waals surface area contributed by atoms with Crippen LogP contribution >= 0.6 is 11.3 Å². The summed E-state index contributed by atoms with van der Waals surface area (Å²) in [5.41, 5.74) is 1.57. The number of ether oxygens (including phenoxy) is 2. The van der Waals surface area contributed by atoms with Crippen molar-refractivity contribution in [3.05, 3.63) is 71.0 Å². The monoisotopic (exact) mass is 439 g/mol. The third-order valence-corrected chi connectivity index (χ3v) is 6.03. The van der Waals surface area contributed by atoms with Crippen LogP contribution in [0.15, 0.2) is 54.6 Å². The molecule has 31 heavy (non-hydrogen) atoms. The van der Waals surface area contributed by atoms with Crippen molar-refractivity contribution in [2.75, 3.05) is 27.3 Å². The third kappa shape index (κ3) is 4.25. The number of halogens is 1. The van der Waals surface area contributed by atoms with Crippen molar-refractivity contribution >= 4 is 27.5 Å². The highest BCUT2D eigenvalue weighted by atomic mass is 32.1. The van der Waals surface area contributed by atoms with Crippen molar-refractivity contribution in [3.8, 4) is 17.2 Å². The summed E-state index contributed by atoms with van der Waals surface area (Å²) in [6.45, 7) is 2.66. The fourth-order valence-electron chi connectivity index (χ4n) is 3.23. The molecule has 0 bridgehead atoms. The van der Waals surface area contributed by atoms with Gasteiger partial charge < -0.3 is 14.4 Å². The first-order chi connectivity index (χ1) is 15.0. The smallest absolute Gasteiger partial charge is 0.263 e. The molecular weight excluding hydrogens is 417 g/mol. The Bertz CT molecular complexity index is 1220. The number of para-hydroxylation sites is 2. The number of carbonyl (C=O) groups excluding carboxylic acids is 1. The standard InChI is InChI=1S/C23H22FN3O3S/c1-15-18-14-21(31-23(18)27(25-15)17-10-8-16(24)9-11-17)22(28)26(2)12-13-30-20-7-5-4-6-19(20)29-3/h4-11,14H,12-13H2,1-3H3. The van der Waals surface area contributed by atoms with Gasteiger partial charge in [-0.2, -0.15) is 5.10 Å². The van der Waals surface area contributed by atoms with Crippen molar-refractivity contribution in [3.63, 3.8) is 0 Å². The average Bonchev–Trinajstić information content (AvgIpc) is 3.34. The molecule has 0 saturated carbocycles. The third-order valence-electron chi connectivity index (χ3n) is 4.93. The Morgan fingerprint density at radius 2 is 1.87 bits per heavy atom. The molecule has 0 saturated heterocycles. The number of methoxy groups -OCH3 is 1. The highest BCUT2D eigenvalue weighted by molar-refractivity contribution is 7.20. The normalized spacial score (nSPS) is 11.0. The van der Waals surface area contributed by atoms with E-state index in [9.17, 15) is 9.18 Å². The lowest BCUT2D eigenvalue weighted by molar-refractivity contribution is 0.0778. The maximum absolute atomic E-state index is 13.3. The highest BCUT2D eigenvalue weighted by Gasteiger charge is 2.20. The summed E-state index contributed by atoms with van der Waals surface area (Å²) in [5, 5.41) is 5.46. The minimum Gasteiger partial charge on any atom is -0.493 e. The summed E-state index contributed by atoms with van der Waals surface area (Å²) in [7, 11) is 3.34. The Hall–Kier alpha value is -3.39. The summed E-state index contributed by atoms with van der Waals surface area (Å²) in [5.74, 6) is 0.905. The van der Waals surface area contributed by atoms with Crippen molar-refractivity contribution in [1.29, 1.82) is 0 Å². The number of thiophene rings is 1. The van der Waals surface area contributed by atoms with E-state index in [2.05, 4.69) is 5.10 Å². The van der Waals surface area contributed by atoms with Crippen LogP contribution in [0.25, 0.3) is 15.9 Å². The van der Waals surface area contributed by atoms with E-state index in [1.807, 2.05) is 37.3 Å². The van der Waals surface area contributed by atoms with Gasteiger partial charge in [-0.25, -0.2) is 9.07 Å². The summed E-state index contributed by atoms with van der Waals surface area (Å²) in [6.07, 6.45) is 0. The lowest BCUT2D eigenvalue weighted by atomic mass is 10.3. The summed E-state index contributed by atoms with van der Waals surface area (Å²) in [6, 6.07) is 15.4. The molecule has 0 spiro atoms. The van der Waals surface area contributed by atoms with Crippen LogP contribution in [0, 0.1) is 12.7 Å². The van der Waals surface area contributed by atoms with Crippen LogP contribution in [-0.2, 0) is 0 Å². The predicted molar refractivity (Wildman–Crippen MR) is 119 cm³/mol. The van der Waals surface area contributed by atoms with Crippen LogP contribution in [0.5, 0.6) is 11.5 Å². The molecule has 2 aromatic carbocycles. The molecule has 4 rings (SSSR count). The van der Waals surface area contributed by atoms with E-state index in [1.165, 1.54) is 23.5 Å². The minimum absolute atomic E-state index is 0.0881. The van der Waals surface area contributed by atoms with Crippen LogP contribution in [0.4, 0.5) is 4.39 Å². The number of carbonyl (C=O) groups is 1. The van der Waals surface area contributed by atoms with Crippen molar-refractivity contribution < 1.29 is 18.7 Å². The van der Waals surface area contributed by atoms with Gasteiger partial charge in [0.05, 0.1) is 29.9 Å². The number of fused-ring (bicyclic) bond motifs is 1. The second kappa shape index (κ2) is 8.77. The first-order valence-corrected chi connectivity index (χ1v) is 10.6. The molecule has 8 heteroatoms. The Balaban J connectivity index is 1.48. The highest BCUT2D eigenvalue weighted by Crippen LogP contribution is 2.31. The number of likely N-dealkylation sites (N-methyl/N-ethyl adjacent to an activating group) is 1. The number of rotatable bonds is 7. The maximum Gasteiger partial charge on any atom is 0.263 e. The molecule has 0 radical (unpaired) electrons. The van der Waals surface area contributed by atoms with Gasteiger partial charge in [0.1, 0.15) is 17.3 Å². The first-order valence-electron chi connectivity index (χ1n) is 9.74. The van der Waals surface area contributed by atoms with Gasteiger partial charge in [-0.15, -0.1) is 11.3 Å². The van der Waals surface area contributed by atoms with E-state index in [-0.39, 0.29) is 11.7 Å². The van der Waals surface area contributed by atoms with Crippen molar-refractivity contribution in [1.82, 2.24) is 14.7 Å². The van der Waals surface area contributed by atoms with Crippen LogP contribution in [0.1, 0.15) is 15.4 Å². The molecule has 6 nitrogen and oxygen atoms in total. The molecule has 0 aliphatic carbocycles. The average molecular weight is 440 g/mol. The largest absolute Gasteiger partial charge is 0.493 e. The van der Waals surface area contributed by atoms with E-state index in [1.54, 1.807) is 35.9 Å². The molecule has 1 amide bonds. The van der Waals surface area contributed by atoms with Gasteiger partial charge in [0.15, 0.2) is 11.5 Å². The van der Waals surface area contributed by atoms with Gasteiger partial charge in [0.25, 0.3) is 5.91 Å². The van der Waals surface area contributed by atoms with Crippen molar-refractivity contribution in [2.24, 2.45) is 0 Å². The molecule has 2 aromatic heterocycles. The van der Waals surface area contributed by atoms with Gasteiger partial charge in [0.2, 0.25) is 0 Å². The molecule has 0 atom stereocenters. The topological polar surface area (TPSA) is 56.6 Å². The van der Waals surface area contributed by atoms with Crippen LogP contribution < -0.4 is 9.47 Å². The number of hydrogen-bond donors (Lipinski definition) is 0. The predicted octanol–water partition coefficient (Wildman–Crippen LogP) is 4.69. The van der Waals surface area contributed by atoms with Crippen LogP contribution in [-0.4, -0.2) is 47.9 Å². The fourth-order valence-corrected chi connectivity index (χ4v) is 4.41. The lowest BCUT2D eigenvalue weighted by Crippen LogP contribution is -2.30. The Morgan fingerprint density at radius 3 is 2.58 bits per heavy atom. The molecule has 0 unspecified atom stereocenters. The molecule has 0 aliphatic rings. The Morgan fingerprint density at radius 1 is 1.16 bits per heavy atom. The molecule has 0 aliphatic heterocycles. The number of aryl methyl sites for hydroxylation is 1. The number of aromatic nitrogens is 2. The zero-order valence-corrected chi connectivity index (χ0v) is 18.3. The van der Waals surface area contributed by atoms with E-state index < -0.39 is 0 Å². The number of amides is 1. The summed E-state index contributed by atoms with van der Waals surface area (Å²) >= 11 is 1.37. The zero-order chi connectivity index (χ0) is 22.0. The maximum atomic E-state index is 13.3. The molecule has 160 valence electrons. The van der Waals surface area contributed by atoms with Gasteiger partial charge in [-0.05, 0) is 49.4 Å². The van der Waals surface area contributed by atoms with Crippen LogP contribution in [0.3, 0.4) is 0 Å². The van der Waals surface area contributed by atoms with Gasteiger partial charge in [0, 0.05) is 12.4 Å². The molecule has 2 heterocycles.